The Morgan fingerprint density at radius 1 is 1.22 bits per heavy atom. The molecule has 11 nitrogen and oxygen atoms in total. The minimum atomic E-state index is -0.244. The molecule has 0 saturated heterocycles. The average molecular weight is 487 g/mol. The Kier molecular flexibility index (Phi) is 6.23. The van der Waals surface area contributed by atoms with Crippen LogP contribution in [0, 0.1) is 6.92 Å². The molecule has 186 valence electrons. The van der Waals surface area contributed by atoms with Gasteiger partial charge in [0.25, 0.3) is 5.91 Å². The molecule has 0 unspecified atom stereocenters. The zero-order valence-electron chi connectivity index (χ0n) is 20.8. The lowest BCUT2D eigenvalue weighted by Crippen LogP contribution is -2.35. The van der Waals surface area contributed by atoms with Gasteiger partial charge in [0.2, 0.25) is 5.95 Å². The van der Waals surface area contributed by atoms with Crippen LogP contribution in [0.2, 0.25) is 0 Å². The van der Waals surface area contributed by atoms with Gasteiger partial charge in [-0.25, -0.2) is 14.6 Å². The number of amides is 1. The first-order valence-electron chi connectivity index (χ1n) is 12.0. The van der Waals surface area contributed by atoms with Crippen LogP contribution >= 0.6 is 0 Å². The molecule has 1 aromatic carbocycles. The van der Waals surface area contributed by atoms with Crippen molar-refractivity contribution >= 4 is 17.5 Å². The lowest BCUT2D eigenvalue weighted by molar-refractivity contribution is 0.0931. The van der Waals surface area contributed by atoms with Crippen LogP contribution in [-0.4, -0.2) is 54.2 Å². The van der Waals surface area contributed by atoms with Crippen molar-refractivity contribution in [2.24, 2.45) is 0 Å². The monoisotopic (exact) mass is 486 g/mol. The first kappa shape index (κ1) is 23.6. The van der Waals surface area contributed by atoms with Crippen LogP contribution in [0.1, 0.15) is 54.1 Å². The summed E-state index contributed by atoms with van der Waals surface area (Å²) in [5, 5.41) is 24.9. The Balaban J connectivity index is 1.37. The quantitative estimate of drug-likeness (QED) is 0.338. The van der Waals surface area contributed by atoms with Crippen molar-refractivity contribution < 1.29 is 4.79 Å². The summed E-state index contributed by atoms with van der Waals surface area (Å²) >= 11 is 0. The van der Waals surface area contributed by atoms with Crippen LogP contribution in [0.3, 0.4) is 0 Å². The molecule has 1 atom stereocenters. The number of hydrogen-bond donors (Lipinski definition) is 4. The number of H-pyrrole nitrogens is 1. The minimum absolute atomic E-state index is 0.185. The third-order valence-corrected chi connectivity index (χ3v) is 6.18. The number of aromatic amines is 1. The molecule has 0 saturated carbocycles. The molecular weight excluding hydrogens is 456 g/mol. The van der Waals surface area contributed by atoms with Crippen LogP contribution in [-0.2, 0) is 12.0 Å². The standard InChI is InChI=1S/C25H30N10O/c1-15-20(13-28-32-15)31-24-27-10-8-19(30-24)17-5-6-18-16(11-17)7-9-26-12-21(18)29-23(36)22-14-35(34-33-22)25(2,3)4/h5-6,8,10-11,13-14,21,26H,7,9,12H2,1-4H3,(H,28,32)(H,29,36)(H,27,30,31)/t21-/m0/s1. The van der Waals surface area contributed by atoms with E-state index < -0.39 is 0 Å². The van der Waals surface area contributed by atoms with Crippen molar-refractivity contribution in [2.45, 2.75) is 45.7 Å². The van der Waals surface area contributed by atoms with E-state index in [1.165, 1.54) is 5.56 Å². The van der Waals surface area contributed by atoms with Gasteiger partial charge in [-0.3, -0.25) is 9.89 Å². The highest BCUT2D eigenvalue weighted by atomic mass is 16.2. The first-order chi connectivity index (χ1) is 17.3. The Morgan fingerprint density at radius 2 is 2.08 bits per heavy atom. The Hall–Kier alpha value is -4.12. The van der Waals surface area contributed by atoms with Gasteiger partial charge in [-0.2, -0.15) is 5.10 Å². The van der Waals surface area contributed by atoms with Crippen molar-refractivity contribution in [3.8, 4) is 11.3 Å². The fraction of sp³-hybridized carbons (Fsp3) is 0.360. The molecule has 1 amide bonds. The summed E-state index contributed by atoms with van der Waals surface area (Å²) < 4.78 is 1.70. The fourth-order valence-corrected chi connectivity index (χ4v) is 4.13. The summed E-state index contributed by atoms with van der Waals surface area (Å²) in [6.45, 7) is 9.43. The molecule has 0 bridgehead atoms. The van der Waals surface area contributed by atoms with E-state index >= 15 is 0 Å². The lowest BCUT2D eigenvalue weighted by Gasteiger charge is -2.20. The molecule has 5 rings (SSSR count). The molecule has 4 N–H and O–H groups in total. The third kappa shape index (κ3) is 4.96. The zero-order valence-corrected chi connectivity index (χ0v) is 20.8. The molecule has 1 aliphatic rings. The molecule has 1 aliphatic heterocycles. The Morgan fingerprint density at radius 3 is 2.83 bits per heavy atom. The van der Waals surface area contributed by atoms with Gasteiger partial charge in [0.15, 0.2) is 5.69 Å². The molecule has 0 fully saturated rings. The Labute approximate surface area is 209 Å². The predicted octanol–water partition coefficient (Wildman–Crippen LogP) is 2.88. The van der Waals surface area contributed by atoms with Gasteiger partial charge < -0.3 is 16.0 Å². The van der Waals surface area contributed by atoms with Gasteiger partial charge in [0, 0.05) is 18.3 Å². The fourth-order valence-electron chi connectivity index (χ4n) is 4.13. The van der Waals surface area contributed by atoms with Crippen molar-refractivity contribution in [2.75, 3.05) is 18.4 Å². The average Bonchev–Trinajstić information content (AvgIpc) is 3.46. The van der Waals surface area contributed by atoms with Crippen molar-refractivity contribution in [1.82, 2.24) is 45.8 Å². The number of aryl methyl sites for hydroxylation is 1. The molecule has 0 radical (unpaired) electrons. The van der Waals surface area contributed by atoms with E-state index in [9.17, 15) is 4.79 Å². The van der Waals surface area contributed by atoms with Crippen LogP contribution in [0.25, 0.3) is 11.3 Å². The number of carbonyl (C=O) groups is 1. The van der Waals surface area contributed by atoms with E-state index in [4.69, 9.17) is 4.98 Å². The van der Waals surface area contributed by atoms with E-state index in [2.05, 4.69) is 53.6 Å². The smallest absolute Gasteiger partial charge is 0.273 e. The molecule has 11 heteroatoms. The summed E-state index contributed by atoms with van der Waals surface area (Å²) in [7, 11) is 0. The zero-order chi connectivity index (χ0) is 25.3. The van der Waals surface area contributed by atoms with E-state index in [0.717, 1.165) is 41.2 Å². The normalized spacial score (nSPS) is 15.7. The summed E-state index contributed by atoms with van der Waals surface area (Å²) in [6, 6.07) is 7.96. The third-order valence-electron chi connectivity index (χ3n) is 6.18. The lowest BCUT2D eigenvalue weighted by atomic mass is 9.96. The second kappa shape index (κ2) is 9.50. The second-order valence-corrected chi connectivity index (χ2v) is 9.91. The van der Waals surface area contributed by atoms with Crippen molar-refractivity contribution in [3.63, 3.8) is 0 Å². The first-order valence-corrected chi connectivity index (χ1v) is 12.0. The van der Waals surface area contributed by atoms with Crippen LogP contribution in [0.4, 0.5) is 11.6 Å². The second-order valence-electron chi connectivity index (χ2n) is 9.91. The van der Waals surface area contributed by atoms with Gasteiger partial charge in [-0.1, -0.05) is 17.3 Å². The van der Waals surface area contributed by atoms with E-state index in [-0.39, 0.29) is 17.5 Å². The van der Waals surface area contributed by atoms with E-state index in [1.807, 2.05) is 39.8 Å². The molecule has 0 spiro atoms. The van der Waals surface area contributed by atoms with Crippen LogP contribution < -0.4 is 16.0 Å². The molecule has 0 aliphatic carbocycles. The maximum absolute atomic E-state index is 13.0. The number of rotatable bonds is 5. The summed E-state index contributed by atoms with van der Waals surface area (Å²) in [4.78, 5) is 22.0. The molecule has 4 heterocycles. The molecule has 4 aromatic rings. The maximum atomic E-state index is 13.0. The summed E-state index contributed by atoms with van der Waals surface area (Å²) in [5.74, 6) is 0.261. The van der Waals surface area contributed by atoms with Gasteiger partial charge in [0.05, 0.1) is 41.0 Å². The highest BCUT2D eigenvalue weighted by Crippen LogP contribution is 2.28. The number of aromatic nitrogens is 7. The maximum Gasteiger partial charge on any atom is 0.273 e. The minimum Gasteiger partial charge on any atom is -0.342 e. The molecule has 36 heavy (non-hydrogen) atoms. The van der Waals surface area contributed by atoms with Gasteiger partial charge in [-0.05, 0) is 63.9 Å². The summed E-state index contributed by atoms with van der Waals surface area (Å²) in [6.07, 6.45) is 5.98. The number of nitrogens with zero attached hydrogens (tertiary/aromatic N) is 6. The van der Waals surface area contributed by atoms with E-state index in [1.54, 1.807) is 23.3 Å². The van der Waals surface area contributed by atoms with Crippen LogP contribution in [0.5, 0.6) is 0 Å². The van der Waals surface area contributed by atoms with Crippen molar-refractivity contribution in [1.29, 1.82) is 0 Å². The van der Waals surface area contributed by atoms with Gasteiger partial charge >= 0.3 is 0 Å². The Bertz CT molecular complexity index is 1380. The highest BCUT2D eigenvalue weighted by molar-refractivity contribution is 5.92. The number of fused-ring (bicyclic) bond motifs is 1. The summed E-state index contributed by atoms with van der Waals surface area (Å²) in [5.41, 5.74) is 5.86. The van der Waals surface area contributed by atoms with Gasteiger partial charge in [-0.15, -0.1) is 5.10 Å². The van der Waals surface area contributed by atoms with Crippen LogP contribution in [0.15, 0.2) is 42.9 Å². The van der Waals surface area contributed by atoms with Gasteiger partial charge in [0.1, 0.15) is 0 Å². The number of nitrogens with one attached hydrogen (secondary N) is 4. The highest BCUT2D eigenvalue weighted by Gasteiger charge is 2.24. The number of carbonyl (C=O) groups excluding carboxylic acids is 1. The molecular formula is C25H30N10O. The largest absolute Gasteiger partial charge is 0.342 e. The van der Waals surface area contributed by atoms with E-state index in [0.29, 0.717) is 18.2 Å². The van der Waals surface area contributed by atoms with Crippen molar-refractivity contribution in [3.05, 3.63) is 65.4 Å². The molecule has 3 aromatic heterocycles. The number of hydrogen-bond acceptors (Lipinski definition) is 8. The topological polar surface area (TPSA) is 138 Å². The SMILES string of the molecule is Cc1[nH]ncc1Nc1nccc(-c2ccc3c(c2)CCNC[C@@H]3NC(=O)c2cn(C(C)(C)C)nn2)n1. The predicted molar refractivity (Wildman–Crippen MR) is 136 cm³/mol. The number of anilines is 2. The number of benzene rings is 1.